The van der Waals surface area contributed by atoms with E-state index in [9.17, 15) is 4.79 Å². The minimum Gasteiger partial charge on any atom is -0.455 e. The van der Waals surface area contributed by atoms with Crippen LogP contribution in [-0.2, 0) is 23.6 Å². The quantitative estimate of drug-likeness (QED) is 0.423. The lowest BCUT2D eigenvalue weighted by molar-refractivity contribution is 0.0921. The lowest BCUT2D eigenvalue weighted by atomic mass is 10.3. The second-order valence-electron chi connectivity index (χ2n) is 6.39. The average Bonchev–Trinajstić information content (AvgIpc) is 3.20. The van der Waals surface area contributed by atoms with E-state index >= 15 is 0 Å². The Hall–Kier alpha value is -2.91. The monoisotopic (exact) mass is 413 g/mol. The molecule has 0 saturated heterocycles. The number of furan rings is 1. The minimum atomic E-state index is -0.278. The molecule has 0 radical (unpaired) electrons. The highest BCUT2D eigenvalue weighted by atomic mass is 32.2. The molecule has 0 aliphatic rings. The van der Waals surface area contributed by atoms with Crippen molar-refractivity contribution < 1.29 is 13.9 Å². The summed E-state index contributed by atoms with van der Waals surface area (Å²) in [7, 11) is 5.49. The Labute approximate surface area is 173 Å². The smallest absolute Gasteiger partial charge is 0.287 e. The van der Waals surface area contributed by atoms with Gasteiger partial charge in [0.25, 0.3) is 5.91 Å². The zero-order valence-corrected chi connectivity index (χ0v) is 17.4. The Kier molecular flexibility index (Phi) is 7.20. The summed E-state index contributed by atoms with van der Waals surface area (Å²) in [6.07, 6.45) is 1.69. The number of pyridine rings is 1. The van der Waals surface area contributed by atoms with Crippen molar-refractivity contribution in [3.63, 3.8) is 0 Å². The molecule has 0 aliphatic heterocycles. The minimum absolute atomic E-state index is 0.263. The molecule has 0 spiro atoms. The molecule has 0 aromatic carbocycles. The molecule has 0 saturated carbocycles. The number of amides is 1. The van der Waals surface area contributed by atoms with Crippen molar-refractivity contribution in [1.82, 2.24) is 20.3 Å². The summed E-state index contributed by atoms with van der Waals surface area (Å²) in [5, 5.41) is 3.42. The molecule has 9 heteroatoms. The van der Waals surface area contributed by atoms with Gasteiger partial charge in [0.15, 0.2) is 10.9 Å². The number of carbonyl (C=O) groups is 1. The molecular weight excluding hydrogens is 390 g/mol. The van der Waals surface area contributed by atoms with Crippen LogP contribution in [0.2, 0.25) is 0 Å². The number of anilines is 1. The van der Waals surface area contributed by atoms with Crippen molar-refractivity contribution in [2.75, 3.05) is 26.1 Å². The number of aromatic nitrogens is 3. The molecule has 29 heavy (non-hydrogen) atoms. The summed E-state index contributed by atoms with van der Waals surface area (Å²) >= 11 is 1.44. The SMILES string of the molecule is COCc1cc(N(C)C)nc(SCc2ccc(C(=O)NCc3ccccn3)o2)n1. The highest BCUT2D eigenvalue weighted by Gasteiger charge is 2.13. The van der Waals surface area contributed by atoms with Gasteiger partial charge in [-0.3, -0.25) is 9.78 Å². The van der Waals surface area contributed by atoms with Crippen LogP contribution in [0.15, 0.2) is 52.2 Å². The second kappa shape index (κ2) is 10.0. The Morgan fingerprint density at radius 1 is 1.21 bits per heavy atom. The number of carbonyl (C=O) groups excluding carboxylic acids is 1. The molecule has 0 unspecified atom stereocenters. The number of rotatable bonds is 9. The number of hydrogen-bond donors (Lipinski definition) is 1. The molecular formula is C20H23N5O3S. The van der Waals surface area contributed by atoms with Crippen LogP contribution in [0.1, 0.15) is 27.7 Å². The van der Waals surface area contributed by atoms with E-state index in [0.717, 1.165) is 17.2 Å². The lowest BCUT2D eigenvalue weighted by Gasteiger charge is -2.13. The van der Waals surface area contributed by atoms with Gasteiger partial charge in [0.1, 0.15) is 11.6 Å². The third-order valence-corrected chi connectivity index (χ3v) is 4.75. The van der Waals surface area contributed by atoms with E-state index in [1.165, 1.54) is 11.8 Å². The van der Waals surface area contributed by atoms with E-state index in [0.29, 0.717) is 29.8 Å². The zero-order chi connectivity index (χ0) is 20.6. The number of ether oxygens (including phenoxy) is 1. The first-order chi connectivity index (χ1) is 14.0. The molecule has 0 bridgehead atoms. The number of hydrogen-bond acceptors (Lipinski definition) is 8. The number of methoxy groups -OCH3 is 1. The van der Waals surface area contributed by atoms with Gasteiger partial charge >= 0.3 is 0 Å². The van der Waals surface area contributed by atoms with E-state index in [2.05, 4.69) is 20.3 Å². The van der Waals surface area contributed by atoms with Crippen molar-refractivity contribution in [1.29, 1.82) is 0 Å². The average molecular weight is 414 g/mol. The van der Waals surface area contributed by atoms with Gasteiger partial charge in [-0.15, -0.1) is 0 Å². The topological polar surface area (TPSA) is 93.4 Å². The zero-order valence-electron chi connectivity index (χ0n) is 16.6. The molecule has 1 amide bonds. The molecule has 1 N–H and O–H groups in total. The van der Waals surface area contributed by atoms with Crippen LogP contribution in [-0.4, -0.2) is 42.1 Å². The summed E-state index contributed by atoms with van der Waals surface area (Å²) in [4.78, 5) is 27.4. The Morgan fingerprint density at radius 2 is 2.07 bits per heavy atom. The van der Waals surface area contributed by atoms with Crippen molar-refractivity contribution in [2.24, 2.45) is 0 Å². The highest BCUT2D eigenvalue weighted by Crippen LogP contribution is 2.23. The van der Waals surface area contributed by atoms with Crippen LogP contribution in [0.25, 0.3) is 0 Å². The fourth-order valence-electron chi connectivity index (χ4n) is 2.45. The van der Waals surface area contributed by atoms with Gasteiger partial charge in [-0.25, -0.2) is 9.97 Å². The van der Waals surface area contributed by atoms with E-state index in [-0.39, 0.29) is 11.7 Å². The van der Waals surface area contributed by atoms with Crippen LogP contribution in [0.4, 0.5) is 5.82 Å². The third-order valence-electron chi connectivity index (χ3n) is 3.88. The van der Waals surface area contributed by atoms with Crippen LogP contribution < -0.4 is 10.2 Å². The van der Waals surface area contributed by atoms with Gasteiger partial charge in [0, 0.05) is 33.5 Å². The summed E-state index contributed by atoms with van der Waals surface area (Å²) in [5.41, 5.74) is 1.59. The molecule has 152 valence electrons. The first-order valence-corrected chi connectivity index (χ1v) is 9.97. The fraction of sp³-hybridized carbons (Fsp3) is 0.300. The van der Waals surface area contributed by atoms with E-state index in [1.54, 1.807) is 25.4 Å². The Bertz CT molecular complexity index is 946. The van der Waals surface area contributed by atoms with E-state index < -0.39 is 0 Å². The first kappa shape index (κ1) is 20.8. The lowest BCUT2D eigenvalue weighted by Crippen LogP contribution is -2.22. The standard InChI is InChI=1S/C20H23N5O3S/c1-25(2)18-10-15(12-27-3)23-20(24-18)29-13-16-7-8-17(28-16)19(26)22-11-14-6-4-5-9-21-14/h4-10H,11-13H2,1-3H3,(H,22,26). The summed E-state index contributed by atoms with van der Waals surface area (Å²) in [6.45, 7) is 0.760. The third kappa shape index (κ3) is 6.03. The van der Waals surface area contributed by atoms with Gasteiger partial charge < -0.3 is 19.4 Å². The Morgan fingerprint density at radius 3 is 2.79 bits per heavy atom. The fourth-order valence-corrected chi connectivity index (χ4v) is 3.22. The van der Waals surface area contributed by atoms with Crippen molar-refractivity contribution in [3.8, 4) is 0 Å². The van der Waals surface area contributed by atoms with Crippen molar-refractivity contribution in [2.45, 2.75) is 24.1 Å². The van der Waals surface area contributed by atoms with Crippen LogP contribution in [0.5, 0.6) is 0 Å². The number of thioether (sulfide) groups is 1. The molecule has 3 aromatic rings. The number of nitrogens with zero attached hydrogens (tertiary/aromatic N) is 4. The van der Waals surface area contributed by atoms with Crippen molar-refractivity contribution >= 4 is 23.5 Å². The van der Waals surface area contributed by atoms with E-state index in [4.69, 9.17) is 9.15 Å². The molecule has 3 heterocycles. The molecule has 8 nitrogen and oxygen atoms in total. The predicted octanol–water partition coefficient (Wildman–Crippen LogP) is 2.90. The van der Waals surface area contributed by atoms with Gasteiger partial charge in [0.2, 0.25) is 0 Å². The van der Waals surface area contributed by atoms with Crippen molar-refractivity contribution in [3.05, 3.63) is 65.5 Å². The highest BCUT2D eigenvalue weighted by molar-refractivity contribution is 7.98. The molecule has 0 fully saturated rings. The second-order valence-corrected chi connectivity index (χ2v) is 7.33. The van der Waals surface area contributed by atoms with Gasteiger partial charge in [-0.2, -0.15) is 0 Å². The maximum absolute atomic E-state index is 12.3. The van der Waals surface area contributed by atoms with Crippen LogP contribution >= 0.6 is 11.8 Å². The van der Waals surface area contributed by atoms with Crippen LogP contribution in [0.3, 0.4) is 0 Å². The van der Waals surface area contributed by atoms with E-state index in [1.807, 2.05) is 43.3 Å². The van der Waals surface area contributed by atoms with Gasteiger partial charge in [0.05, 0.1) is 30.3 Å². The largest absolute Gasteiger partial charge is 0.455 e. The predicted molar refractivity (Wildman–Crippen MR) is 111 cm³/mol. The normalized spacial score (nSPS) is 10.7. The summed E-state index contributed by atoms with van der Waals surface area (Å²) in [5.74, 6) is 1.98. The number of nitrogens with one attached hydrogen (secondary N) is 1. The maximum atomic E-state index is 12.3. The molecule has 3 rings (SSSR count). The maximum Gasteiger partial charge on any atom is 0.287 e. The molecule has 3 aromatic heterocycles. The van der Waals surface area contributed by atoms with Crippen LogP contribution in [0, 0.1) is 0 Å². The summed E-state index contributed by atoms with van der Waals surface area (Å²) < 4.78 is 10.8. The summed E-state index contributed by atoms with van der Waals surface area (Å²) in [6, 6.07) is 10.9. The molecule has 0 aliphatic carbocycles. The van der Waals surface area contributed by atoms with Gasteiger partial charge in [-0.1, -0.05) is 17.8 Å². The van der Waals surface area contributed by atoms with Gasteiger partial charge in [-0.05, 0) is 24.3 Å². The molecule has 0 atom stereocenters. The first-order valence-electron chi connectivity index (χ1n) is 8.99. The Balaban J connectivity index is 1.59.